The van der Waals surface area contributed by atoms with Gasteiger partial charge in [0.25, 0.3) is 5.91 Å². The van der Waals surface area contributed by atoms with E-state index in [4.69, 9.17) is 9.88 Å². The van der Waals surface area contributed by atoms with Crippen LogP contribution in [0.3, 0.4) is 0 Å². The van der Waals surface area contributed by atoms with Gasteiger partial charge in [-0.15, -0.1) is 0 Å². The van der Waals surface area contributed by atoms with Gasteiger partial charge in [0, 0.05) is 42.4 Å². The molecular weight excluding hydrogens is 532 g/mol. The monoisotopic (exact) mass is 564 g/mol. The first kappa shape index (κ1) is 28.9. The highest BCUT2D eigenvalue weighted by Gasteiger charge is 2.52. The van der Waals surface area contributed by atoms with Crippen LogP contribution in [-0.4, -0.2) is 55.4 Å². The molecule has 1 aliphatic rings. The van der Waals surface area contributed by atoms with Crippen molar-refractivity contribution in [3.8, 4) is 11.1 Å². The number of nitrogens with one attached hydrogen (secondary N) is 1. The quantitative estimate of drug-likeness (QED) is 0.380. The summed E-state index contributed by atoms with van der Waals surface area (Å²) in [6.07, 6.45) is 4.59. The molecule has 4 rings (SSSR count). The number of aromatic nitrogens is 1. The molecule has 10 nitrogen and oxygen atoms in total. The summed E-state index contributed by atoms with van der Waals surface area (Å²) in [5, 5.41) is 8.25. The van der Waals surface area contributed by atoms with E-state index < -0.39 is 33.5 Å². The van der Waals surface area contributed by atoms with Crippen LogP contribution >= 0.6 is 0 Å². The molecule has 0 radical (unpaired) electrons. The fourth-order valence-electron chi connectivity index (χ4n) is 5.09. The van der Waals surface area contributed by atoms with Crippen LogP contribution in [0.2, 0.25) is 0 Å². The van der Waals surface area contributed by atoms with Crippen LogP contribution in [0.4, 0.5) is 0 Å². The average molecular weight is 565 g/mol. The summed E-state index contributed by atoms with van der Waals surface area (Å²) in [7, 11) is -2.67. The van der Waals surface area contributed by atoms with Gasteiger partial charge in [-0.3, -0.25) is 14.6 Å². The van der Waals surface area contributed by atoms with Crippen molar-refractivity contribution in [3.63, 3.8) is 0 Å². The molecule has 1 saturated heterocycles. The number of amides is 2. The van der Waals surface area contributed by atoms with Gasteiger partial charge in [0.15, 0.2) is 0 Å². The van der Waals surface area contributed by atoms with Crippen LogP contribution in [0.5, 0.6) is 0 Å². The Bertz CT molecular complexity index is 1490. The standard InChI is InChI=1S/C29H32N4O6S/c1-3-21(19-20-9-11-22(12-10-20)24-7-4-5-8-25(24)40(30,37)38)26(34)32-29(28(36)39-2)15-6-18-33(29)27(35)23-13-16-31-17-14-23/h4-5,7-14,16-17,21H,3,6,15,18-19H2,1-2H3,(H,32,34)(H2,30,37,38)/t21-,29-/m0/s1. The molecule has 11 heteroatoms. The second kappa shape index (κ2) is 12.0. The molecule has 40 heavy (non-hydrogen) atoms. The van der Waals surface area contributed by atoms with Crippen LogP contribution in [0.25, 0.3) is 11.1 Å². The van der Waals surface area contributed by atoms with E-state index in [1.165, 1.54) is 30.5 Å². The highest BCUT2D eigenvalue weighted by molar-refractivity contribution is 7.89. The van der Waals surface area contributed by atoms with Crippen molar-refractivity contribution in [1.82, 2.24) is 15.2 Å². The van der Waals surface area contributed by atoms with E-state index in [2.05, 4.69) is 10.3 Å². The van der Waals surface area contributed by atoms with Gasteiger partial charge >= 0.3 is 5.97 Å². The summed E-state index contributed by atoms with van der Waals surface area (Å²) in [4.78, 5) is 45.3. The number of hydrogen-bond donors (Lipinski definition) is 2. The first-order valence-electron chi connectivity index (χ1n) is 12.9. The van der Waals surface area contributed by atoms with Crippen LogP contribution in [0.15, 0.2) is 78.0 Å². The fraction of sp³-hybridized carbons (Fsp3) is 0.310. The maximum Gasteiger partial charge on any atom is 0.352 e. The largest absolute Gasteiger partial charge is 0.466 e. The topological polar surface area (TPSA) is 149 Å². The minimum atomic E-state index is -3.90. The Hall–Kier alpha value is -4.09. The first-order chi connectivity index (χ1) is 19.1. The van der Waals surface area contributed by atoms with Gasteiger partial charge < -0.3 is 15.0 Å². The zero-order valence-corrected chi connectivity index (χ0v) is 23.2. The van der Waals surface area contributed by atoms with Crippen molar-refractivity contribution in [3.05, 3.63) is 84.2 Å². The summed E-state index contributed by atoms with van der Waals surface area (Å²) >= 11 is 0. The number of rotatable bonds is 9. The van der Waals surface area contributed by atoms with Crippen molar-refractivity contribution in [2.75, 3.05) is 13.7 Å². The molecule has 2 aromatic carbocycles. The van der Waals surface area contributed by atoms with E-state index in [9.17, 15) is 22.8 Å². The number of nitrogens with two attached hydrogens (primary N) is 1. The van der Waals surface area contributed by atoms with Gasteiger partial charge in [-0.25, -0.2) is 18.4 Å². The summed E-state index contributed by atoms with van der Waals surface area (Å²) < 4.78 is 29.1. The minimum absolute atomic E-state index is 0.0316. The van der Waals surface area contributed by atoms with E-state index in [0.717, 1.165) is 5.56 Å². The van der Waals surface area contributed by atoms with Gasteiger partial charge in [-0.2, -0.15) is 0 Å². The summed E-state index contributed by atoms with van der Waals surface area (Å²) in [6, 6.07) is 16.8. The number of primary sulfonamides is 1. The van der Waals surface area contributed by atoms with Crippen molar-refractivity contribution < 1.29 is 27.5 Å². The number of benzene rings is 2. The molecule has 0 saturated carbocycles. The van der Waals surface area contributed by atoms with E-state index in [0.29, 0.717) is 36.0 Å². The number of likely N-dealkylation sites (tertiary alicyclic amines) is 1. The third kappa shape index (κ3) is 5.90. The Morgan fingerprint density at radius 3 is 2.38 bits per heavy atom. The number of pyridine rings is 1. The Kier molecular flexibility index (Phi) is 8.65. The normalized spacial score (nSPS) is 17.7. The number of carbonyl (C=O) groups excluding carboxylic acids is 3. The maximum absolute atomic E-state index is 13.6. The molecule has 210 valence electrons. The Morgan fingerprint density at radius 2 is 1.75 bits per heavy atom. The van der Waals surface area contributed by atoms with E-state index in [1.54, 1.807) is 42.5 Å². The van der Waals surface area contributed by atoms with Crippen molar-refractivity contribution >= 4 is 27.8 Å². The third-order valence-electron chi connectivity index (χ3n) is 7.21. The lowest BCUT2D eigenvalue weighted by Gasteiger charge is -2.37. The second-order valence-corrected chi connectivity index (χ2v) is 11.2. The van der Waals surface area contributed by atoms with E-state index >= 15 is 0 Å². The SMILES string of the molecule is CC[C@@H](Cc1ccc(-c2ccccc2S(N)(=O)=O)cc1)C(=O)N[C@@]1(C(=O)OC)CCCN1C(=O)c1ccncc1. The predicted molar refractivity (Wildman–Crippen MR) is 148 cm³/mol. The molecular formula is C29H32N4O6S. The van der Waals surface area contributed by atoms with Crippen molar-refractivity contribution in [1.29, 1.82) is 0 Å². The molecule has 1 aromatic heterocycles. The van der Waals surface area contributed by atoms with Crippen LogP contribution in [-0.2, 0) is 30.8 Å². The van der Waals surface area contributed by atoms with Gasteiger partial charge in [-0.1, -0.05) is 49.4 Å². The molecule has 2 amide bonds. The number of ether oxygens (including phenoxy) is 1. The first-order valence-corrected chi connectivity index (χ1v) is 14.5. The highest BCUT2D eigenvalue weighted by atomic mass is 32.2. The molecule has 1 aliphatic heterocycles. The minimum Gasteiger partial charge on any atom is -0.466 e. The Labute approximate surface area is 233 Å². The Morgan fingerprint density at radius 1 is 1.07 bits per heavy atom. The lowest BCUT2D eigenvalue weighted by atomic mass is 9.93. The average Bonchev–Trinajstić information content (AvgIpc) is 3.39. The van der Waals surface area contributed by atoms with Gasteiger partial charge in [0.1, 0.15) is 0 Å². The smallest absolute Gasteiger partial charge is 0.352 e. The lowest BCUT2D eigenvalue weighted by Crippen LogP contribution is -2.65. The van der Waals surface area contributed by atoms with E-state index in [1.807, 2.05) is 19.1 Å². The van der Waals surface area contributed by atoms with Gasteiger partial charge in [0.2, 0.25) is 21.6 Å². The van der Waals surface area contributed by atoms with Crippen LogP contribution in [0, 0.1) is 5.92 Å². The van der Waals surface area contributed by atoms with Gasteiger partial charge in [-0.05, 0) is 48.6 Å². The summed E-state index contributed by atoms with van der Waals surface area (Å²) in [5.41, 5.74) is 0.756. The highest BCUT2D eigenvalue weighted by Crippen LogP contribution is 2.31. The molecule has 0 unspecified atom stereocenters. The third-order valence-corrected chi connectivity index (χ3v) is 8.18. The summed E-state index contributed by atoms with van der Waals surface area (Å²) in [5.74, 6) is -1.96. The maximum atomic E-state index is 13.6. The molecule has 1 fully saturated rings. The van der Waals surface area contributed by atoms with Crippen molar-refractivity contribution in [2.24, 2.45) is 11.1 Å². The van der Waals surface area contributed by atoms with E-state index in [-0.39, 0.29) is 23.8 Å². The number of methoxy groups -OCH3 is 1. The summed E-state index contributed by atoms with van der Waals surface area (Å²) in [6.45, 7) is 2.16. The molecule has 2 atom stereocenters. The number of sulfonamides is 1. The lowest BCUT2D eigenvalue weighted by molar-refractivity contribution is -0.157. The zero-order chi connectivity index (χ0) is 28.9. The number of esters is 1. The molecule has 3 N–H and O–H groups in total. The molecule has 2 heterocycles. The van der Waals surface area contributed by atoms with Gasteiger partial charge in [0.05, 0.1) is 12.0 Å². The number of hydrogen-bond acceptors (Lipinski definition) is 7. The molecule has 0 aliphatic carbocycles. The van der Waals surface area contributed by atoms with Crippen LogP contribution in [0.1, 0.15) is 42.1 Å². The number of carbonyl (C=O) groups is 3. The molecule has 0 spiro atoms. The molecule has 0 bridgehead atoms. The Balaban J connectivity index is 1.55. The molecule has 3 aromatic rings. The number of nitrogens with zero attached hydrogens (tertiary/aromatic N) is 2. The van der Waals surface area contributed by atoms with Crippen LogP contribution < -0.4 is 10.5 Å². The second-order valence-electron chi connectivity index (χ2n) is 9.68. The fourth-order valence-corrected chi connectivity index (χ4v) is 5.85. The van der Waals surface area contributed by atoms with Crippen molar-refractivity contribution in [2.45, 2.75) is 43.2 Å². The predicted octanol–water partition coefficient (Wildman–Crippen LogP) is 2.89. The zero-order valence-electron chi connectivity index (χ0n) is 22.4.